The molecular weight excluding hydrogens is 424 g/mol. The van der Waals surface area contributed by atoms with E-state index in [1.165, 1.54) is 16.3 Å². The fraction of sp³-hybridized carbons (Fsp3) is 0.227. The maximum atomic E-state index is 6.57. The minimum Gasteiger partial charge on any atom is -0.496 e. The number of fused-ring (bicyclic) bond motifs is 1. The summed E-state index contributed by atoms with van der Waals surface area (Å²) in [5.74, 6) is 1.86. The zero-order valence-electron chi connectivity index (χ0n) is 15.1. The molecule has 1 N–H and O–H groups in total. The number of ether oxygens (including phenoxy) is 1. The maximum absolute atomic E-state index is 6.57. The van der Waals surface area contributed by atoms with E-state index in [4.69, 9.17) is 16.3 Å². The molecule has 0 bridgehead atoms. The Morgan fingerprint density at radius 2 is 1.96 bits per heavy atom. The van der Waals surface area contributed by atoms with E-state index < -0.39 is 0 Å². The lowest BCUT2D eigenvalue weighted by molar-refractivity contribution is 0.410. The van der Waals surface area contributed by atoms with Gasteiger partial charge in [0.05, 0.1) is 13.7 Å². The van der Waals surface area contributed by atoms with Crippen LogP contribution in [-0.4, -0.2) is 26.0 Å². The predicted octanol–water partition coefficient (Wildman–Crippen LogP) is 5.40. The normalized spacial score (nSPS) is 13.5. The summed E-state index contributed by atoms with van der Waals surface area (Å²) < 4.78 is 6.73. The molecule has 0 fully saturated rings. The highest BCUT2D eigenvalue weighted by molar-refractivity contribution is 9.10. The lowest BCUT2D eigenvalue weighted by Gasteiger charge is -2.15. The van der Waals surface area contributed by atoms with Gasteiger partial charge in [0.15, 0.2) is 0 Å². The van der Waals surface area contributed by atoms with Crippen molar-refractivity contribution in [3.8, 4) is 5.75 Å². The van der Waals surface area contributed by atoms with Gasteiger partial charge >= 0.3 is 0 Å². The Hall–Kier alpha value is -2.04. The summed E-state index contributed by atoms with van der Waals surface area (Å²) in [6.45, 7) is 1.70. The van der Waals surface area contributed by atoms with Gasteiger partial charge in [0.1, 0.15) is 11.6 Å². The molecule has 0 radical (unpaired) electrons. The molecule has 3 nitrogen and oxygen atoms in total. The summed E-state index contributed by atoms with van der Waals surface area (Å²) in [4.78, 5) is 4.57. The van der Waals surface area contributed by atoms with Crippen LogP contribution < -0.4 is 10.1 Å². The first-order chi connectivity index (χ1) is 13.2. The van der Waals surface area contributed by atoms with Crippen LogP contribution in [-0.2, 0) is 12.8 Å². The highest BCUT2D eigenvalue weighted by atomic mass is 79.9. The zero-order chi connectivity index (χ0) is 18.8. The van der Waals surface area contributed by atoms with Crippen LogP contribution in [0.25, 0.3) is 10.8 Å². The molecule has 0 saturated carbocycles. The Labute approximate surface area is 172 Å². The fourth-order valence-corrected chi connectivity index (χ4v) is 4.30. The third kappa shape index (κ3) is 3.69. The van der Waals surface area contributed by atoms with Gasteiger partial charge in [-0.2, -0.15) is 0 Å². The van der Waals surface area contributed by atoms with Gasteiger partial charge in [-0.3, -0.25) is 4.99 Å². The van der Waals surface area contributed by atoms with Crippen LogP contribution in [0.15, 0.2) is 58.0 Å². The van der Waals surface area contributed by atoms with Crippen LogP contribution >= 0.6 is 27.5 Å². The Kier molecular flexibility index (Phi) is 5.37. The monoisotopic (exact) mass is 442 g/mol. The van der Waals surface area contributed by atoms with Gasteiger partial charge < -0.3 is 10.1 Å². The second kappa shape index (κ2) is 7.91. The molecule has 0 saturated heterocycles. The number of aliphatic imine (C=N–C) groups is 1. The molecule has 0 aromatic heterocycles. The standard InChI is InChI=1S/C22H20BrClN2O/c1-27-21-10-5-14-13-15(23)6-7-16(14)18(21)9-8-17-19(3-2-4-20(17)24)22-25-11-12-26-22/h2-7,10,13H,8-9,11-12H2,1H3,(H,25,26). The highest BCUT2D eigenvalue weighted by Crippen LogP contribution is 2.32. The molecule has 27 heavy (non-hydrogen) atoms. The number of benzene rings is 3. The molecular formula is C22H20BrClN2O. The first-order valence-corrected chi connectivity index (χ1v) is 10.2. The quantitative estimate of drug-likeness (QED) is 0.573. The summed E-state index contributed by atoms with van der Waals surface area (Å²) >= 11 is 10.1. The molecule has 0 atom stereocenters. The number of amidine groups is 1. The smallest absolute Gasteiger partial charge is 0.128 e. The Morgan fingerprint density at radius 3 is 2.74 bits per heavy atom. The number of hydrogen-bond acceptors (Lipinski definition) is 3. The second-order valence-electron chi connectivity index (χ2n) is 6.53. The number of rotatable bonds is 5. The lowest BCUT2D eigenvalue weighted by atomic mass is 9.95. The van der Waals surface area contributed by atoms with Crippen molar-refractivity contribution in [2.45, 2.75) is 12.8 Å². The van der Waals surface area contributed by atoms with Crippen molar-refractivity contribution in [3.63, 3.8) is 0 Å². The third-order valence-electron chi connectivity index (χ3n) is 4.94. The average molecular weight is 444 g/mol. The van der Waals surface area contributed by atoms with Crippen molar-refractivity contribution in [1.82, 2.24) is 5.32 Å². The second-order valence-corrected chi connectivity index (χ2v) is 7.86. The van der Waals surface area contributed by atoms with E-state index >= 15 is 0 Å². The summed E-state index contributed by atoms with van der Waals surface area (Å²) in [7, 11) is 1.72. The molecule has 0 spiro atoms. The summed E-state index contributed by atoms with van der Waals surface area (Å²) in [6.07, 6.45) is 1.66. The van der Waals surface area contributed by atoms with Gasteiger partial charge in [-0.25, -0.2) is 0 Å². The van der Waals surface area contributed by atoms with Crippen LogP contribution in [0.5, 0.6) is 5.75 Å². The molecule has 3 aromatic carbocycles. The Bertz CT molecular complexity index is 1030. The van der Waals surface area contributed by atoms with E-state index in [1.807, 2.05) is 18.2 Å². The van der Waals surface area contributed by atoms with E-state index in [0.29, 0.717) is 0 Å². The molecule has 3 aromatic rings. The van der Waals surface area contributed by atoms with E-state index in [-0.39, 0.29) is 0 Å². The van der Waals surface area contributed by atoms with Gasteiger partial charge in [-0.15, -0.1) is 0 Å². The first kappa shape index (κ1) is 18.3. The molecule has 0 unspecified atom stereocenters. The van der Waals surface area contributed by atoms with Crippen LogP contribution in [0.1, 0.15) is 16.7 Å². The SMILES string of the molecule is COc1ccc2cc(Br)ccc2c1CCc1c(Cl)cccc1C1=NCCN1. The highest BCUT2D eigenvalue weighted by Gasteiger charge is 2.16. The molecule has 1 aliphatic heterocycles. The largest absolute Gasteiger partial charge is 0.496 e. The number of aryl methyl sites for hydroxylation is 1. The third-order valence-corrected chi connectivity index (χ3v) is 5.79. The summed E-state index contributed by atoms with van der Waals surface area (Å²) in [5.41, 5.74) is 3.43. The minimum atomic E-state index is 0.783. The summed E-state index contributed by atoms with van der Waals surface area (Å²) in [5, 5.41) is 6.55. The van der Waals surface area contributed by atoms with Gasteiger partial charge in [-0.1, -0.05) is 51.8 Å². The molecule has 138 valence electrons. The van der Waals surface area contributed by atoms with Gasteiger partial charge in [0.25, 0.3) is 0 Å². The topological polar surface area (TPSA) is 33.6 Å². The van der Waals surface area contributed by atoms with Crippen LogP contribution in [0, 0.1) is 0 Å². The lowest BCUT2D eigenvalue weighted by Crippen LogP contribution is -2.21. The summed E-state index contributed by atoms with van der Waals surface area (Å²) in [6, 6.07) is 16.5. The Balaban J connectivity index is 1.72. The fourth-order valence-electron chi connectivity index (χ4n) is 3.66. The zero-order valence-corrected chi connectivity index (χ0v) is 17.4. The average Bonchev–Trinajstić information content (AvgIpc) is 3.21. The van der Waals surface area contributed by atoms with Crippen LogP contribution in [0.4, 0.5) is 0 Å². The number of methoxy groups -OCH3 is 1. The van der Waals surface area contributed by atoms with Crippen LogP contribution in [0.3, 0.4) is 0 Å². The molecule has 4 rings (SSSR count). The van der Waals surface area contributed by atoms with E-state index in [9.17, 15) is 0 Å². The van der Waals surface area contributed by atoms with Crippen molar-refractivity contribution >= 4 is 44.1 Å². The van der Waals surface area contributed by atoms with Gasteiger partial charge in [0.2, 0.25) is 0 Å². The molecule has 5 heteroatoms. The van der Waals surface area contributed by atoms with Gasteiger partial charge in [-0.05, 0) is 53.4 Å². The minimum absolute atomic E-state index is 0.783. The maximum Gasteiger partial charge on any atom is 0.128 e. The van der Waals surface area contributed by atoms with Crippen molar-refractivity contribution in [2.75, 3.05) is 20.2 Å². The predicted molar refractivity (Wildman–Crippen MR) is 116 cm³/mol. The van der Waals surface area contributed by atoms with E-state index in [2.05, 4.69) is 56.6 Å². The van der Waals surface area contributed by atoms with Crippen molar-refractivity contribution in [3.05, 3.63) is 74.7 Å². The van der Waals surface area contributed by atoms with Crippen molar-refractivity contribution in [2.24, 2.45) is 4.99 Å². The molecule has 0 aliphatic carbocycles. The number of nitrogens with one attached hydrogen (secondary N) is 1. The number of hydrogen-bond donors (Lipinski definition) is 1. The number of halogens is 2. The van der Waals surface area contributed by atoms with Crippen LogP contribution in [0.2, 0.25) is 5.02 Å². The molecule has 1 aliphatic rings. The van der Waals surface area contributed by atoms with Gasteiger partial charge in [0, 0.05) is 27.2 Å². The van der Waals surface area contributed by atoms with E-state index in [0.717, 1.165) is 58.1 Å². The van der Waals surface area contributed by atoms with Crippen molar-refractivity contribution in [1.29, 1.82) is 0 Å². The molecule has 0 amide bonds. The van der Waals surface area contributed by atoms with Crippen molar-refractivity contribution < 1.29 is 4.74 Å². The van der Waals surface area contributed by atoms with E-state index in [1.54, 1.807) is 7.11 Å². The Morgan fingerprint density at radius 1 is 1.11 bits per heavy atom. The molecule has 1 heterocycles. The first-order valence-electron chi connectivity index (χ1n) is 8.98. The number of nitrogens with zero attached hydrogens (tertiary/aromatic N) is 1.